The van der Waals surface area contributed by atoms with Crippen LogP contribution in [0, 0.1) is 5.92 Å². The number of piperidine rings is 1. The van der Waals surface area contributed by atoms with E-state index in [0.717, 1.165) is 57.0 Å². The number of aromatic nitrogens is 5. The Hall–Kier alpha value is -2.18. The number of imidazole rings is 1. The van der Waals surface area contributed by atoms with Crippen molar-refractivity contribution in [2.75, 3.05) is 13.1 Å². The molecule has 1 amide bonds. The summed E-state index contributed by atoms with van der Waals surface area (Å²) >= 11 is 0. The molecule has 0 unspecified atom stereocenters. The lowest BCUT2D eigenvalue weighted by Crippen LogP contribution is -2.41. The molecule has 0 N–H and O–H groups in total. The molecule has 5 rings (SSSR count). The molecule has 7 heteroatoms. The highest BCUT2D eigenvalue weighted by Gasteiger charge is 2.35. The molecule has 3 heterocycles. The molecule has 0 radical (unpaired) electrons. The van der Waals surface area contributed by atoms with Gasteiger partial charge in [0.05, 0.1) is 12.9 Å². The van der Waals surface area contributed by atoms with E-state index < -0.39 is 0 Å². The minimum absolute atomic E-state index is 0.290. The molecule has 0 bridgehead atoms. The van der Waals surface area contributed by atoms with Gasteiger partial charge in [-0.15, -0.1) is 10.2 Å². The third-order valence-electron chi connectivity index (χ3n) is 6.46. The van der Waals surface area contributed by atoms with Crippen molar-refractivity contribution in [1.29, 1.82) is 0 Å². The summed E-state index contributed by atoms with van der Waals surface area (Å²) in [5.74, 6) is 3.28. The molecule has 0 atom stereocenters. The lowest BCUT2D eigenvalue weighted by Gasteiger charge is -2.33. The Morgan fingerprint density at radius 2 is 1.81 bits per heavy atom. The second-order valence-corrected chi connectivity index (χ2v) is 8.39. The fourth-order valence-corrected chi connectivity index (χ4v) is 4.79. The van der Waals surface area contributed by atoms with Gasteiger partial charge in [0.2, 0.25) is 5.91 Å². The minimum Gasteiger partial charge on any atom is -0.342 e. The molecule has 2 aromatic heterocycles. The van der Waals surface area contributed by atoms with Crippen LogP contribution < -0.4 is 0 Å². The number of amides is 1. The van der Waals surface area contributed by atoms with Crippen molar-refractivity contribution >= 4 is 5.91 Å². The Balaban J connectivity index is 1.28. The summed E-state index contributed by atoms with van der Waals surface area (Å²) in [5.41, 5.74) is 0. The Morgan fingerprint density at radius 3 is 2.48 bits per heavy atom. The normalized spacial score (nSPS) is 21.9. The highest BCUT2D eigenvalue weighted by Crippen LogP contribution is 2.40. The van der Waals surface area contributed by atoms with E-state index in [4.69, 9.17) is 0 Å². The maximum Gasteiger partial charge on any atom is 0.225 e. The molecule has 3 fully saturated rings. The summed E-state index contributed by atoms with van der Waals surface area (Å²) in [6.45, 7) is 2.46. The number of hydrogen-bond donors (Lipinski definition) is 0. The Labute approximate surface area is 159 Å². The zero-order valence-corrected chi connectivity index (χ0v) is 15.8. The average Bonchev–Trinajstić information content (AvgIpc) is 3.12. The van der Waals surface area contributed by atoms with E-state index >= 15 is 0 Å². The van der Waals surface area contributed by atoms with Crippen molar-refractivity contribution in [2.24, 2.45) is 5.92 Å². The molecule has 3 aliphatic rings. The van der Waals surface area contributed by atoms with E-state index in [2.05, 4.69) is 29.2 Å². The number of carbonyl (C=O) groups excluding carboxylic acids is 1. The van der Waals surface area contributed by atoms with Crippen LogP contribution in [-0.2, 0) is 11.3 Å². The van der Waals surface area contributed by atoms with Crippen molar-refractivity contribution in [3.8, 4) is 0 Å². The molecule has 2 aromatic rings. The van der Waals surface area contributed by atoms with Crippen molar-refractivity contribution < 1.29 is 4.79 Å². The number of hydrogen-bond acceptors (Lipinski definition) is 4. The number of nitrogens with zero attached hydrogens (tertiary/aromatic N) is 6. The van der Waals surface area contributed by atoms with Gasteiger partial charge < -0.3 is 14.0 Å². The molecule has 7 nitrogen and oxygen atoms in total. The number of rotatable bonds is 5. The monoisotopic (exact) mass is 368 g/mol. The van der Waals surface area contributed by atoms with Crippen LogP contribution in [0.5, 0.6) is 0 Å². The third-order valence-corrected chi connectivity index (χ3v) is 6.46. The first-order valence-electron chi connectivity index (χ1n) is 10.5. The lowest BCUT2D eigenvalue weighted by atomic mass is 9.94. The highest BCUT2D eigenvalue weighted by molar-refractivity contribution is 5.79. The summed E-state index contributed by atoms with van der Waals surface area (Å²) in [6.07, 6.45) is 14.7. The summed E-state index contributed by atoms with van der Waals surface area (Å²) in [4.78, 5) is 18.9. The van der Waals surface area contributed by atoms with Gasteiger partial charge in [-0.2, -0.15) is 0 Å². The topological polar surface area (TPSA) is 68.8 Å². The Kier molecular flexibility index (Phi) is 4.45. The molecule has 1 saturated heterocycles. The smallest absolute Gasteiger partial charge is 0.225 e. The predicted octanol–water partition coefficient (Wildman–Crippen LogP) is 2.75. The van der Waals surface area contributed by atoms with Gasteiger partial charge in [-0.25, -0.2) is 4.98 Å². The first kappa shape index (κ1) is 17.0. The quantitative estimate of drug-likeness (QED) is 0.814. The second kappa shape index (κ2) is 7.09. The summed E-state index contributed by atoms with van der Waals surface area (Å²) < 4.78 is 4.44. The van der Waals surface area contributed by atoms with E-state index in [1.165, 1.54) is 25.7 Å². The van der Waals surface area contributed by atoms with Crippen LogP contribution in [0.3, 0.4) is 0 Å². The SMILES string of the molecule is O=C(C1CCCC1)N1CCC(c2nnc(Cn3ccnc3)n2C2CC2)CC1. The zero-order chi connectivity index (χ0) is 18.2. The molecular weight excluding hydrogens is 340 g/mol. The van der Waals surface area contributed by atoms with Gasteiger partial charge in [0.1, 0.15) is 5.82 Å². The largest absolute Gasteiger partial charge is 0.342 e. The van der Waals surface area contributed by atoms with Crippen LogP contribution in [0.2, 0.25) is 0 Å². The maximum atomic E-state index is 12.7. The van der Waals surface area contributed by atoms with Crippen LogP contribution in [0.15, 0.2) is 18.7 Å². The summed E-state index contributed by atoms with van der Waals surface area (Å²) in [5, 5.41) is 9.13. The highest BCUT2D eigenvalue weighted by atomic mass is 16.2. The fraction of sp³-hybridized carbons (Fsp3) is 0.700. The molecule has 1 aliphatic heterocycles. The molecular formula is C20H28N6O. The first-order valence-corrected chi connectivity index (χ1v) is 10.5. The molecule has 0 aromatic carbocycles. The maximum absolute atomic E-state index is 12.7. The van der Waals surface area contributed by atoms with E-state index in [1.807, 2.05) is 12.5 Å². The van der Waals surface area contributed by atoms with Gasteiger partial charge in [0, 0.05) is 43.4 Å². The van der Waals surface area contributed by atoms with Gasteiger partial charge in [-0.3, -0.25) is 4.79 Å². The minimum atomic E-state index is 0.290. The Morgan fingerprint density at radius 1 is 1.04 bits per heavy atom. The van der Waals surface area contributed by atoms with Gasteiger partial charge in [-0.05, 0) is 38.5 Å². The van der Waals surface area contributed by atoms with Gasteiger partial charge in [0.15, 0.2) is 5.82 Å². The van der Waals surface area contributed by atoms with Crippen molar-refractivity contribution in [3.63, 3.8) is 0 Å². The third kappa shape index (κ3) is 3.39. The lowest BCUT2D eigenvalue weighted by molar-refractivity contribution is -0.136. The first-order chi connectivity index (χ1) is 13.3. The fourth-order valence-electron chi connectivity index (χ4n) is 4.79. The summed E-state index contributed by atoms with van der Waals surface area (Å²) in [7, 11) is 0. The second-order valence-electron chi connectivity index (χ2n) is 8.39. The predicted molar refractivity (Wildman–Crippen MR) is 100 cm³/mol. The summed E-state index contributed by atoms with van der Waals surface area (Å²) in [6, 6.07) is 0.562. The number of likely N-dealkylation sites (tertiary alicyclic amines) is 1. The van der Waals surface area contributed by atoms with Crippen LogP contribution in [0.4, 0.5) is 0 Å². The van der Waals surface area contributed by atoms with E-state index in [0.29, 0.717) is 23.8 Å². The van der Waals surface area contributed by atoms with Gasteiger partial charge >= 0.3 is 0 Å². The van der Waals surface area contributed by atoms with Gasteiger partial charge in [-0.1, -0.05) is 12.8 Å². The van der Waals surface area contributed by atoms with E-state index in [9.17, 15) is 4.79 Å². The molecule has 27 heavy (non-hydrogen) atoms. The van der Waals surface area contributed by atoms with E-state index in [1.54, 1.807) is 6.20 Å². The van der Waals surface area contributed by atoms with Crippen molar-refractivity contribution in [1.82, 2.24) is 29.2 Å². The van der Waals surface area contributed by atoms with Crippen LogP contribution >= 0.6 is 0 Å². The molecule has 2 aliphatic carbocycles. The van der Waals surface area contributed by atoms with Crippen LogP contribution in [-0.4, -0.2) is 48.2 Å². The Bertz CT molecular complexity index is 780. The van der Waals surface area contributed by atoms with Crippen LogP contribution in [0.1, 0.15) is 75.0 Å². The number of carbonyl (C=O) groups is 1. The molecule has 0 spiro atoms. The van der Waals surface area contributed by atoms with Crippen molar-refractivity contribution in [3.05, 3.63) is 30.4 Å². The standard InChI is InChI=1S/C20H28N6O/c27-20(16-3-1-2-4-16)25-10-7-15(8-11-25)19-23-22-18(26(19)17-5-6-17)13-24-12-9-21-14-24/h9,12,14-17H,1-8,10-11,13H2. The van der Waals surface area contributed by atoms with Crippen molar-refractivity contribution in [2.45, 2.75) is 69.9 Å². The van der Waals surface area contributed by atoms with Crippen LogP contribution in [0.25, 0.3) is 0 Å². The van der Waals surface area contributed by atoms with Gasteiger partial charge in [0.25, 0.3) is 0 Å². The van der Waals surface area contributed by atoms with E-state index in [-0.39, 0.29) is 0 Å². The molecule has 2 saturated carbocycles. The molecule has 144 valence electrons. The average molecular weight is 368 g/mol. The zero-order valence-electron chi connectivity index (χ0n) is 15.8.